The summed E-state index contributed by atoms with van der Waals surface area (Å²) in [6.45, 7) is 0.360. The number of ether oxygens (including phenoxy) is 1. The van der Waals surface area contributed by atoms with Gasteiger partial charge in [0.15, 0.2) is 0 Å². The number of aromatic nitrogens is 2. The van der Waals surface area contributed by atoms with Crippen molar-refractivity contribution in [2.24, 2.45) is 7.05 Å². The zero-order chi connectivity index (χ0) is 20.6. The molecule has 0 N–H and O–H groups in total. The summed E-state index contributed by atoms with van der Waals surface area (Å²) in [5.41, 5.74) is 3.22. The molecule has 150 valence electrons. The van der Waals surface area contributed by atoms with Crippen LogP contribution in [0.5, 0.6) is 0 Å². The third kappa shape index (κ3) is 4.02. The fourth-order valence-corrected chi connectivity index (χ4v) is 3.30. The number of nitrogens with zero attached hydrogens (tertiary/aromatic N) is 3. The van der Waals surface area contributed by atoms with Gasteiger partial charge in [-0.3, -0.25) is 9.48 Å². The number of halogens is 3. The second-order valence-corrected chi connectivity index (χ2v) is 6.91. The van der Waals surface area contributed by atoms with Gasteiger partial charge in [0.05, 0.1) is 30.6 Å². The van der Waals surface area contributed by atoms with Crippen LogP contribution in [0.25, 0.3) is 11.1 Å². The molecule has 1 aromatic heterocycles. The van der Waals surface area contributed by atoms with Crippen LogP contribution in [-0.2, 0) is 35.9 Å². The van der Waals surface area contributed by atoms with Gasteiger partial charge in [-0.15, -0.1) is 0 Å². The van der Waals surface area contributed by atoms with Gasteiger partial charge in [0.2, 0.25) is 0 Å². The van der Waals surface area contributed by atoms with Gasteiger partial charge in [-0.05, 0) is 29.3 Å². The van der Waals surface area contributed by atoms with E-state index in [0.29, 0.717) is 11.3 Å². The van der Waals surface area contributed by atoms with E-state index < -0.39 is 11.7 Å². The zero-order valence-corrected chi connectivity index (χ0v) is 15.6. The molecule has 29 heavy (non-hydrogen) atoms. The molecule has 0 aliphatic carbocycles. The molecule has 8 heteroatoms. The first-order valence-electron chi connectivity index (χ1n) is 8.97. The van der Waals surface area contributed by atoms with Gasteiger partial charge >= 0.3 is 6.18 Å². The third-order valence-corrected chi connectivity index (χ3v) is 4.82. The van der Waals surface area contributed by atoms with Gasteiger partial charge in [-0.2, -0.15) is 18.3 Å². The van der Waals surface area contributed by atoms with E-state index in [1.54, 1.807) is 15.8 Å². The largest absolute Gasteiger partial charge is 0.416 e. The summed E-state index contributed by atoms with van der Waals surface area (Å²) in [5, 5.41) is 4.17. The van der Waals surface area contributed by atoms with E-state index in [1.807, 2.05) is 31.4 Å². The number of rotatable bonds is 3. The number of fused-ring (bicyclic) bond motifs is 1. The van der Waals surface area contributed by atoms with Crippen molar-refractivity contribution in [3.63, 3.8) is 0 Å². The Morgan fingerprint density at radius 1 is 1.07 bits per heavy atom. The van der Waals surface area contributed by atoms with E-state index in [4.69, 9.17) is 4.74 Å². The predicted octanol–water partition coefficient (Wildman–Crippen LogP) is 4.17. The molecule has 0 radical (unpaired) electrons. The van der Waals surface area contributed by atoms with Crippen LogP contribution in [0.4, 0.5) is 18.9 Å². The lowest BCUT2D eigenvalue weighted by molar-refractivity contribution is -0.137. The summed E-state index contributed by atoms with van der Waals surface area (Å²) in [4.78, 5) is 14.2. The van der Waals surface area contributed by atoms with Crippen LogP contribution in [-0.4, -0.2) is 22.3 Å². The van der Waals surface area contributed by atoms with Crippen molar-refractivity contribution in [2.75, 3.05) is 11.5 Å². The predicted molar refractivity (Wildman–Crippen MR) is 101 cm³/mol. The summed E-state index contributed by atoms with van der Waals surface area (Å²) in [7, 11) is 1.82. The van der Waals surface area contributed by atoms with Crippen molar-refractivity contribution < 1.29 is 22.7 Å². The van der Waals surface area contributed by atoms with Gasteiger partial charge in [0.1, 0.15) is 6.61 Å². The molecule has 0 fully saturated rings. The maximum Gasteiger partial charge on any atom is 0.416 e. The van der Waals surface area contributed by atoms with Crippen molar-refractivity contribution >= 4 is 11.6 Å². The molecule has 2 aromatic carbocycles. The zero-order valence-electron chi connectivity index (χ0n) is 15.6. The van der Waals surface area contributed by atoms with E-state index in [-0.39, 0.29) is 25.7 Å². The highest BCUT2D eigenvalue weighted by atomic mass is 19.4. The number of hydrogen-bond donors (Lipinski definition) is 0. The summed E-state index contributed by atoms with van der Waals surface area (Å²) in [5.74, 6) is -0.244. The number of alkyl halides is 3. The van der Waals surface area contributed by atoms with Crippen LogP contribution in [0.3, 0.4) is 0 Å². The van der Waals surface area contributed by atoms with Crippen LogP contribution in [0.15, 0.2) is 54.9 Å². The van der Waals surface area contributed by atoms with E-state index in [9.17, 15) is 18.0 Å². The van der Waals surface area contributed by atoms with Crippen LogP contribution in [0, 0.1) is 0 Å². The average Bonchev–Trinajstić information content (AvgIpc) is 3.06. The molecule has 0 spiro atoms. The highest BCUT2D eigenvalue weighted by Crippen LogP contribution is 2.33. The molecule has 0 atom stereocenters. The molecular weight excluding hydrogens is 383 g/mol. The summed E-state index contributed by atoms with van der Waals surface area (Å²) in [6, 6.07) is 10.6. The van der Waals surface area contributed by atoms with Crippen LogP contribution in [0.1, 0.15) is 16.7 Å². The molecule has 0 saturated heterocycles. The Labute approximate surface area is 165 Å². The second-order valence-electron chi connectivity index (χ2n) is 6.91. The van der Waals surface area contributed by atoms with Crippen molar-refractivity contribution in [1.29, 1.82) is 0 Å². The first-order chi connectivity index (χ1) is 13.8. The normalized spacial score (nSPS) is 14.6. The van der Waals surface area contributed by atoms with E-state index >= 15 is 0 Å². The number of carbonyl (C=O) groups is 1. The molecule has 4 rings (SSSR count). The summed E-state index contributed by atoms with van der Waals surface area (Å²) >= 11 is 0. The van der Waals surface area contributed by atoms with E-state index in [0.717, 1.165) is 28.8 Å². The Morgan fingerprint density at radius 3 is 2.48 bits per heavy atom. The Bertz CT molecular complexity index is 1040. The molecule has 3 aromatic rings. The highest BCUT2D eigenvalue weighted by Gasteiger charge is 2.30. The topological polar surface area (TPSA) is 47.4 Å². The first kappa shape index (κ1) is 19.2. The van der Waals surface area contributed by atoms with E-state index in [2.05, 4.69) is 5.10 Å². The lowest BCUT2D eigenvalue weighted by atomic mass is 10.0. The average molecular weight is 401 g/mol. The Balaban J connectivity index is 1.69. The van der Waals surface area contributed by atoms with Gasteiger partial charge in [-0.1, -0.05) is 24.3 Å². The fourth-order valence-electron chi connectivity index (χ4n) is 3.30. The summed E-state index contributed by atoms with van der Waals surface area (Å²) < 4.78 is 45.6. The van der Waals surface area contributed by atoms with Crippen molar-refractivity contribution in [3.05, 3.63) is 71.5 Å². The Morgan fingerprint density at radius 2 is 1.83 bits per heavy atom. The number of aryl methyl sites for hydroxylation is 1. The van der Waals surface area contributed by atoms with Gasteiger partial charge < -0.3 is 9.64 Å². The molecule has 0 bridgehead atoms. The second kappa shape index (κ2) is 7.36. The molecule has 2 heterocycles. The minimum absolute atomic E-state index is 0.0858. The van der Waals surface area contributed by atoms with Gasteiger partial charge in [-0.25, -0.2) is 0 Å². The molecule has 5 nitrogen and oxygen atoms in total. The van der Waals surface area contributed by atoms with Crippen molar-refractivity contribution in [1.82, 2.24) is 9.78 Å². The molecule has 0 unspecified atom stereocenters. The monoisotopic (exact) mass is 401 g/mol. The number of anilines is 1. The van der Waals surface area contributed by atoms with Crippen molar-refractivity contribution in [3.8, 4) is 11.1 Å². The number of amides is 1. The standard InChI is InChI=1S/C21H18F3N3O2/c1-26-11-17(9-25-26)15-4-5-16-12-29-13-20(28)27(19(16)8-15)10-14-2-6-18(7-3-14)21(22,23)24/h2-9,11H,10,12-13H2,1H3. The lowest BCUT2D eigenvalue weighted by Crippen LogP contribution is -2.32. The maximum absolute atomic E-state index is 12.8. The highest BCUT2D eigenvalue weighted by molar-refractivity contribution is 5.96. The van der Waals surface area contributed by atoms with Crippen LogP contribution < -0.4 is 4.90 Å². The van der Waals surface area contributed by atoms with Gasteiger partial charge in [0, 0.05) is 24.4 Å². The SMILES string of the molecule is Cn1cc(-c2ccc3c(c2)N(Cc2ccc(C(F)(F)F)cc2)C(=O)COC3)cn1. The lowest BCUT2D eigenvalue weighted by Gasteiger charge is -2.23. The maximum atomic E-state index is 12.8. The minimum Gasteiger partial charge on any atom is -0.367 e. The first-order valence-corrected chi connectivity index (χ1v) is 8.97. The molecule has 1 aliphatic rings. The van der Waals surface area contributed by atoms with Crippen LogP contribution in [0.2, 0.25) is 0 Å². The molecule has 1 aliphatic heterocycles. The third-order valence-electron chi connectivity index (χ3n) is 4.82. The molecule has 0 saturated carbocycles. The van der Waals surface area contributed by atoms with Crippen LogP contribution >= 0.6 is 0 Å². The van der Waals surface area contributed by atoms with E-state index in [1.165, 1.54) is 12.1 Å². The Hall–Kier alpha value is -3.13. The number of carbonyl (C=O) groups excluding carboxylic acids is 1. The molecular formula is C21H18F3N3O2. The quantitative estimate of drug-likeness (QED) is 0.662. The smallest absolute Gasteiger partial charge is 0.367 e. The summed E-state index contributed by atoms with van der Waals surface area (Å²) in [6.07, 6.45) is -0.788. The minimum atomic E-state index is -4.39. The number of hydrogen-bond acceptors (Lipinski definition) is 3. The Kier molecular flexibility index (Phi) is 4.87. The molecule has 1 amide bonds. The van der Waals surface area contributed by atoms with Crippen molar-refractivity contribution in [2.45, 2.75) is 19.3 Å². The van der Waals surface area contributed by atoms with Gasteiger partial charge in [0.25, 0.3) is 5.91 Å². The number of benzene rings is 2. The fraction of sp³-hybridized carbons (Fsp3) is 0.238.